The molecule has 0 spiro atoms. The number of aromatic nitrogens is 4. The van der Waals surface area contributed by atoms with Crippen LogP contribution in [0.5, 0.6) is 0 Å². The predicted octanol–water partition coefficient (Wildman–Crippen LogP) is 3.60. The number of nitrogens with one attached hydrogen (secondary N) is 2. The van der Waals surface area contributed by atoms with E-state index in [0.29, 0.717) is 17.3 Å². The Morgan fingerprint density at radius 1 is 1.24 bits per heavy atom. The lowest BCUT2D eigenvalue weighted by atomic mass is 9.84. The Morgan fingerprint density at radius 3 is 2.63 bits per heavy atom. The minimum absolute atomic E-state index is 0.00482. The topological polar surface area (TPSA) is 105 Å². The molecule has 2 aromatic rings. The number of guanidine groups is 1. The van der Waals surface area contributed by atoms with Gasteiger partial charge in [-0.15, -0.1) is 0 Å². The number of hydrogen-bond acceptors (Lipinski definition) is 6. The predicted molar refractivity (Wildman–Crippen MR) is 143 cm³/mol. The second-order valence-corrected chi connectivity index (χ2v) is 11.1. The van der Waals surface area contributed by atoms with Crippen molar-refractivity contribution in [3.63, 3.8) is 0 Å². The van der Waals surface area contributed by atoms with Crippen molar-refractivity contribution in [3.8, 4) is 5.69 Å². The van der Waals surface area contributed by atoms with E-state index in [-0.39, 0.29) is 35.0 Å². The summed E-state index contributed by atoms with van der Waals surface area (Å²) in [7, 11) is 1.50. The number of nitrogens with zero attached hydrogens (tertiary/aromatic N) is 7. The van der Waals surface area contributed by atoms with Gasteiger partial charge in [-0.05, 0) is 107 Å². The summed E-state index contributed by atoms with van der Waals surface area (Å²) in [6.45, 7) is 10.4. The molecule has 10 nitrogen and oxygen atoms in total. The molecule has 1 aromatic heterocycles. The van der Waals surface area contributed by atoms with E-state index in [1.165, 1.54) is 32.5 Å². The highest BCUT2D eigenvalue weighted by Gasteiger charge is 2.43. The van der Waals surface area contributed by atoms with E-state index in [1.807, 2.05) is 0 Å². The highest BCUT2D eigenvalue weighted by Crippen LogP contribution is 2.44. The number of aryl methyl sites for hydroxylation is 1. The third-order valence-corrected chi connectivity index (χ3v) is 7.82. The first-order valence-electron chi connectivity index (χ1n) is 13.1. The lowest BCUT2D eigenvalue weighted by Crippen LogP contribution is -2.56. The van der Waals surface area contributed by atoms with E-state index >= 15 is 4.39 Å². The Labute approximate surface area is 220 Å². The Balaban J connectivity index is 1.41. The Morgan fingerprint density at radius 2 is 2.00 bits per heavy atom. The van der Waals surface area contributed by atoms with Gasteiger partial charge < -0.3 is 10.6 Å². The van der Waals surface area contributed by atoms with Crippen molar-refractivity contribution >= 4 is 18.4 Å². The molecule has 1 aliphatic carbocycles. The van der Waals surface area contributed by atoms with E-state index in [0.717, 1.165) is 48.0 Å². The molecule has 204 valence electrons. The second kappa shape index (κ2) is 10.0. The summed E-state index contributed by atoms with van der Waals surface area (Å²) in [6, 6.07) is 3.37. The number of rotatable bonds is 6. The van der Waals surface area contributed by atoms with Crippen LogP contribution < -0.4 is 16.3 Å². The van der Waals surface area contributed by atoms with Crippen molar-refractivity contribution in [1.82, 2.24) is 30.0 Å². The Hall–Kier alpha value is -3.41. The normalized spacial score (nSPS) is 24.1. The summed E-state index contributed by atoms with van der Waals surface area (Å²) in [5, 5.41) is 13.8. The van der Waals surface area contributed by atoms with Gasteiger partial charge in [0.15, 0.2) is 5.82 Å². The zero-order valence-electron chi connectivity index (χ0n) is 22.3. The summed E-state index contributed by atoms with van der Waals surface area (Å²) in [6.07, 6.45) is 5.85. The van der Waals surface area contributed by atoms with Crippen LogP contribution in [-0.2, 0) is 7.05 Å². The zero-order chi connectivity index (χ0) is 27.2. The van der Waals surface area contributed by atoms with Crippen LogP contribution in [0, 0.1) is 5.82 Å². The molecule has 3 fully saturated rings. The van der Waals surface area contributed by atoms with E-state index < -0.39 is 17.3 Å². The Bertz CT molecular complexity index is 1350. The number of aliphatic imine (C=N–C) groups is 2. The fraction of sp³-hybridized carbons (Fsp3) is 0.577. The first kappa shape index (κ1) is 26.2. The first-order valence-corrected chi connectivity index (χ1v) is 13.1. The zero-order valence-corrected chi connectivity index (χ0v) is 22.3. The molecule has 2 saturated heterocycles. The molecule has 1 aromatic carbocycles. The van der Waals surface area contributed by atoms with Crippen LogP contribution in [0.4, 0.5) is 14.5 Å². The quantitative estimate of drug-likeness (QED) is 0.439. The molecule has 3 heterocycles. The third kappa shape index (κ3) is 5.13. The molecule has 1 unspecified atom stereocenters. The van der Waals surface area contributed by atoms with Crippen molar-refractivity contribution in [2.75, 3.05) is 11.9 Å². The molecule has 3 aliphatic rings. The smallest absolute Gasteiger partial charge is 0.365 e. The van der Waals surface area contributed by atoms with Crippen molar-refractivity contribution in [1.29, 1.82) is 0 Å². The number of allylic oxidation sites excluding steroid dienone is 1. The van der Waals surface area contributed by atoms with Crippen LogP contribution in [0.15, 0.2) is 38.6 Å². The molecular formula is C26H35F2N9O. The maximum absolute atomic E-state index is 15.2. The van der Waals surface area contributed by atoms with Crippen LogP contribution in [-0.4, -0.2) is 61.5 Å². The van der Waals surface area contributed by atoms with Crippen LogP contribution in [0.3, 0.4) is 0 Å². The fourth-order valence-electron chi connectivity index (χ4n) is 5.89. The van der Waals surface area contributed by atoms with E-state index in [2.05, 4.69) is 56.5 Å². The molecule has 1 saturated carbocycles. The number of hydrogen-bond donors (Lipinski definition) is 2. The van der Waals surface area contributed by atoms with Gasteiger partial charge in [0.05, 0.1) is 11.4 Å². The van der Waals surface area contributed by atoms with E-state index in [9.17, 15) is 9.18 Å². The maximum atomic E-state index is 15.2. The molecule has 2 N–H and O–H groups in total. The standard InChI is InChI=1S/C26H35F2N9O/c1-15(27)23(30-17-11-18-7-6-10-36(18)26(2,3)14-17)32-24(29-4)31-21-13-22(37-25(38)35(5)33-34-37)19(12-20(21)28)16-8-9-16/h12-13,16-18,30H,4,6-11,14H2,1-3,5H3,(H,31,32)/b23-15+/t17?,18-/m1/s1. The minimum atomic E-state index is -0.547. The molecule has 12 heteroatoms. The summed E-state index contributed by atoms with van der Waals surface area (Å²) in [4.78, 5) is 23.3. The summed E-state index contributed by atoms with van der Waals surface area (Å²) >= 11 is 0. The fourth-order valence-corrected chi connectivity index (χ4v) is 5.89. The van der Waals surface area contributed by atoms with Crippen LogP contribution in [0.1, 0.15) is 70.8 Å². The number of fused-ring (bicyclic) bond motifs is 1. The molecule has 0 radical (unpaired) electrons. The van der Waals surface area contributed by atoms with Crippen molar-refractivity contribution in [3.05, 3.63) is 45.6 Å². The SMILES string of the molecule is C=NC(=N/C(NC1C[C@H]2CCCN2C(C)(C)C1)=C(\C)F)Nc1cc(-n2nnn(C)c2=O)c(C2CC2)cc1F. The van der Waals surface area contributed by atoms with Crippen LogP contribution in [0.25, 0.3) is 5.69 Å². The molecule has 5 rings (SSSR count). The van der Waals surface area contributed by atoms with Gasteiger partial charge in [0.1, 0.15) is 11.6 Å². The second-order valence-electron chi connectivity index (χ2n) is 11.1. The van der Waals surface area contributed by atoms with E-state index in [1.54, 1.807) is 0 Å². The molecule has 2 atom stereocenters. The molecule has 2 aliphatic heterocycles. The number of halogens is 2. The monoisotopic (exact) mass is 527 g/mol. The van der Waals surface area contributed by atoms with Crippen molar-refractivity contribution in [2.24, 2.45) is 17.0 Å². The Kier molecular flexibility index (Phi) is 6.93. The summed E-state index contributed by atoms with van der Waals surface area (Å²) in [5.74, 6) is -0.938. The number of piperidine rings is 1. The van der Waals surface area contributed by atoms with Gasteiger partial charge in [-0.2, -0.15) is 14.4 Å². The average molecular weight is 528 g/mol. The van der Waals surface area contributed by atoms with Crippen LogP contribution >= 0.6 is 0 Å². The van der Waals surface area contributed by atoms with Gasteiger partial charge >= 0.3 is 5.69 Å². The average Bonchev–Trinajstić information content (AvgIpc) is 3.50. The van der Waals surface area contributed by atoms with Crippen molar-refractivity contribution < 1.29 is 8.78 Å². The van der Waals surface area contributed by atoms with Crippen LogP contribution in [0.2, 0.25) is 0 Å². The third-order valence-electron chi connectivity index (χ3n) is 7.82. The lowest BCUT2D eigenvalue weighted by molar-refractivity contribution is 0.0398. The van der Waals surface area contributed by atoms with Gasteiger partial charge in [0, 0.05) is 24.7 Å². The summed E-state index contributed by atoms with van der Waals surface area (Å²) < 4.78 is 32.1. The minimum Gasteiger partial charge on any atom is -0.365 e. The van der Waals surface area contributed by atoms with Gasteiger partial charge in [-0.25, -0.2) is 18.6 Å². The lowest BCUT2D eigenvalue weighted by Gasteiger charge is -2.48. The van der Waals surface area contributed by atoms with Gasteiger partial charge in [0.25, 0.3) is 0 Å². The van der Waals surface area contributed by atoms with Crippen molar-refractivity contribution in [2.45, 2.75) is 82.8 Å². The maximum Gasteiger partial charge on any atom is 0.368 e. The van der Waals surface area contributed by atoms with Gasteiger partial charge in [-0.1, -0.05) is 0 Å². The van der Waals surface area contributed by atoms with Gasteiger partial charge in [-0.3, -0.25) is 4.90 Å². The van der Waals surface area contributed by atoms with Gasteiger partial charge in [0.2, 0.25) is 5.96 Å². The molecule has 38 heavy (non-hydrogen) atoms. The highest BCUT2D eigenvalue weighted by molar-refractivity contribution is 5.97. The van der Waals surface area contributed by atoms with E-state index in [4.69, 9.17) is 0 Å². The number of anilines is 1. The molecule has 0 bridgehead atoms. The number of tetrazole rings is 1. The largest absolute Gasteiger partial charge is 0.368 e. The highest BCUT2D eigenvalue weighted by atomic mass is 19.1. The summed E-state index contributed by atoms with van der Waals surface area (Å²) in [5.41, 5.74) is 0.681. The molecule has 0 amide bonds. The number of benzene rings is 1. The first-order chi connectivity index (χ1) is 18.1. The molecular weight excluding hydrogens is 492 g/mol.